The molecule has 11 heteroatoms. The molecule has 3 heterocycles. The minimum Gasteiger partial charge on any atom is -0.347 e. The van der Waals surface area contributed by atoms with Crippen LogP contribution in [0.15, 0.2) is 44.4 Å². The summed E-state index contributed by atoms with van der Waals surface area (Å²) in [7, 11) is 0. The van der Waals surface area contributed by atoms with E-state index in [0.717, 1.165) is 28.9 Å². The molecule has 1 saturated heterocycles. The van der Waals surface area contributed by atoms with Crippen LogP contribution in [0.3, 0.4) is 0 Å². The van der Waals surface area contributed by atoms with Gasteiger partial charge in [0.15, 0.2) is 5.69 Å². The summed E-state index contributed by atoms with van der Waals surface area (Å²) in [6, 6.07) is 8.70. The summed E-state index contributed by atoms with van der Waals surface area (Å²) in [6.07, 6.45) is 2.35. The van der Waals surface area contributed by atoms with E-state index in [4.69, 9.17) is 4.52 Å². The predicted molar refractivity (Wildman–Crippen MR) is 111 cm³/mol. The third-order valence-electron chi connectivity index (χ3n) is 5.12. The number of carbonyl (C=O) groups excluding carboxylic acids is 1. The number of benzene rings is 1. The van der Waals surface area contributed by atoms with Gasteiger partial charge >= 0.3 is 17.5 Å². The maximum Gasteiger partial charge on any atom is 0.352 e. The summed E-state index contributed by atoms with van der Waals surface area (Å²) in [4.78, 5) is 44.1. The third-order valence-corrected chi connectivity index (χ3v) is 5.12. The average Bonchev–Trinajstić information content (AvgIpc) is 3.47. The molecule has 1 amide bonds. The Bertz CT molecular complexity index is 1180. The molecule has 2 aromatic heterocycles. The van der Waals surface area contributed by atoms with Crippen molar-refractivity contribution in [3.05, 3.63) is 57.1 Å². The number of rotatable bonds is 7. The van der Waals surface area contributed by atoms with E-state index in [0.29, 0.717) is 12.2 Å². The summed E-state index contributed by atoms with van der Waals surface area (Å²) < 4.78 is 7.18. The summed E-state index contributed by atoms with van der Waals surface area (Å²) >= 11 is 0. The van der Waals surface area contributed by atoms with Gasteiger partial charge in [-0.15, -0.1) is 0 Å². The lowest BCUT2D eigenvalue weighted by molar-refractivity contribution is 0.0906. The van der Waals surface area contributed by atoms with Crippen molar-refractivity contribution < 1.29 is 9.32 Å². The van der Waals surface area contributed by atoms with Crippen molar-refractivity contribution in [2.45, 2.75) is 26.3 Å². The van der Waals surface area contributed by atoms with Gasteiger partial charge in [-0.05, 0) is 45.0 Å². The topological polar surface area (TPSA) is 128 Å². The Balaban J connectivity index is 1.59. The van der Waals surface area contributed by atoms with Crippen molar-refractivity contribution in [2.75, 3.05) is 26.2 Å². The first kappa shape index (κ1) is 20.7. The second kappa shape index (κ2) is 9.04. The highest BCUT2D eigenvalue weighted by atomic mass is 16.5. The van der Waals surface area contributed by atoms with Gasteiger partial charge in [-0.2, -0.15) is 14.8 Å². The minimum atomic E-state index is -0.651. The Morgan fingerprint density at radius 2 is 1.90 bits per heavy atom. The fourth-order valence-electron chi connectivity index (χ4n) is 3.49. The molecule has 0 spiro atoms. The lowest BCUT2D eigenvalue weighted by Gasteiger charge is -2.13. The van der Waals surface area contributed by atoms with Crippen molar-refractivity contribution >= 4 is 5.91 Å². The highest BCUT2D eigenvalue weighted by Crippen LogP contribution is 2.10. The fraction of sp³-hybridized carbons (Fsp3) is 0.400. The van der Waals surface area contributed by atoms with E-state index >= 15 is 0 Å². The average molecular weight is 425 g/mol. The second-order valence-corrected chi connectivity index (χ2v) is 7.16. The van der Waals surface area contributed by atoms with Crippen LogP contribution >= 0.6 is 0 Å². The van der Waals surface area contributed by atoms with Gasteiger partial charge < -0.3 is 14.7 Å². The van der Waals surface area contributed by atoms with E-state index in [1.54, 1.807) is 37.3 Å². The number of carbonyl (C=O) groups is 1. The number of hydrogen-bond donors (Lipinski definition) is 1. The molecular formula is C20H23N7O4. The van der Waals surface area contributed by atoms with Gasteiger partial charge in [0, 0.05) is 19.6 Å². The van der Waals surface area contributed by atoms with Crippen LogP contribution in [0.5, 0.6) is 0 Å². The highest BCUT2D eigenvalue weighted by molar-refractivity contribution is 5.89. The molecule has 11 nitrogen and oxygen atoms in total. The fourth-order valence-corrected chi connectivity index (χ4v) is 3.49. The Labute approximate surface area is 177 Å². The van der Waals surface area contributed by atoms with Crippen molar-refractivity contribution in [1.82, 2.24) is 34.7 Å². The normalized spacial score (nSPS) is 14.1. The third kappa shape index (κ3) is 4.31. The Morgan fingerprint density at radius 1 is 1.16 bits per heavy atom. The van der Waals surface area contributed by atoms with E-state index in [2.05, 4.69) is 25.5 Å². The van der Waals surface area contributed by atoms with Crippen LogP contribution < -0.4 is 16.6 Å². The summed E-state index contributed by atoms with van der Waals surface area (Å²) in [5.41, 5.74) is -0.920. The standard InChI is InChI=1S/C20H23N7O4/c1-2-26-19(29)15(23-27(20(26)30)14-8-4-3-5-9-14)16-22-18(31-24-16)17(28)21-10-13-25-11-6-7-12-25/h3-5,8-9H,2,6-7,10-13H2,1H3,(H,21,28). The van der Waals surface area contributed by atoms with Crippen LogP contribution in [0.4, 0.5) is 0 Å². The monoisotopic (exact) mass is 425 g/mol. The van der Waals surface area contributed by atoms with Crippen molar-refractivity contribution in [3.63, 3.8) is 0 Å². The van der Waals surface area contributed by atoms with Crippen LogP contribution in [-0.4, -0.2) is 61.5 Å². The van der Waals surface area contributed by atoms with Gasteiger partial charge in [-0.1, -0.05) is 23.4 Å². The molecule has 31 heavy (non-hydrogen) atoms. The first-order chi connectivity index (χ1) is 15.1. The van der Waals surface area contributed by atoms with Gasteiger partial charge in [-0.25, -0.2) is 4.79 Å². The number of para-hydroxylation sites is 1. The van der Waals surface area contributed by atoms with Crippen molar-refractivity contribution in [3.8, 4) is 17.2 Å². The van der Waals surface area contributed by atoms with E-state index in [1.165, 1.54) is 12.8 Å². The van der Waals surface area contributed by atoms with Gasteiger partial charge in [0.2, 0.25) is 5.82 Å². The molecule has 3 aromatic rings. The largest absolute Gasteiger partial charge is 0.352 e. The van der Waals surface area contributed by atoms with Gasteiger partial charge in [0.1, 0.15) is 0 Å². The Morgan fingerprint density at radius 3 is 2.61 bits per heavy atom. The molecule has 1 N–H and O–H groups in total. The number of aromatic nitrogens is 5. The molecule has 1 fully saturated rings. The second-order valence-electron chi connectivity index (χ2n) is 7.16. The van der Waals surface area contributed by atoms with E-state index < -0.39 is 17.2 Å². The van der Waals surface area contributed by atoms with E-state index in [9.17, 15) is 14.4 Å². The lowest BCUT2D eigenvalue weighted by atomic mass is 10.3. The maximum atomic E-state index is 12.8. The SMILES string of the molecule is CCn1c(=O)c(-c2noc(C(=O)NCCN3CCCC3)n2)nn(-c2ccccc2)c1=O. The van der Waals surface area contributed by atoms with Crippen LogP contribution in [0.2, 0.25) is 0 Å². The zero-order chi connectivity index (χ0) is 21.8. The molecular weight excluding hydrogens is 402 g/mol. The van der Waals surface area contributed by atoms with Crippen molar-refractivity contribution in [1.29, 1.82) is 0 Å². The number of hydrogen-bond acceptors (Lipinski definition) is 8. The first-order valence-electron chi connectivity index (χ1n) is 10.2. The minimum absolute atomic E-state index is 0.141. The molecule has 0 unspecified atom stereocenters. The zero-order valence-corrected chi connectivity index (χ0v) is 17.2. The molecule has 1 aliphatic heterocycles. The number of amides is 1. The van der Waals surface area contributed by atoms with Crippen LogP contribution in [0.25, 0.3) is 17.2 Å². The Hall–Kier alpha value is -3.60. The number of nitrogens with zero attached hydrogens (tertiary/aromatic N) is 6. The summed E-state index contributed by atoms with van der Waals surface area (Å²) in [5, 5.41) is 10.6. The molecule has 4 rings (SSSR count). The smallest absolute Gasteiger partial charge is 0.347 e. The van der Waals surface area contributed by atoms with E-state index in [1.807, 2.05) is 0 Å². The molecule has 162 valence electrons. The van der Waals surface area contributed by atoms with Gasteiger partial charge in [-0.3, -0.25) is 14.2 Å². The number of likely N-dealkylation sites (tertiary alicyclic amines) is 1. The van der Waals surface area contributed by atoms with Crippen LogP contribution in [-0.2, 0) is 6.54 Å². The number of nitrogens with one attached hydrogen (secondary N) is 1. The molecule has 1 aliphatic rings. The van der Waals surface area contributed by atoms with Crippen LogP contribution in [0, 0.1) is 0 Å². The Kier molecular flexibility index (Phi) is 6.03. The molecule has 0 bridgehead atoms. The molecule has 1 aromatic carbocycles. The predicted octanol–water partition coefficient (Wildman–Crippen LogP) is 0.290. The molecule has 0 radical (unpaired) electrons. The van der Waals surface area contributed by atoms with Gasteiger partial charge in [0.05, 0.1) is 5.69 Å². The first-order valence-corrected chi connectivity index (χ1v) is 10.2. The highest BCUT2D eigenvalue weighted by Gasteiger charge is 2.22. The molecule has 0 saturated carbocycles. The van der Waals surface area contributed by atoms with Gasteiger partial charge in [0.25, 0.3) is 5.56 Å². The van der Waals surface area contributed by atoms with Crippen molar-refractivity contribution in [2.24, 2.45) is 0 Å². The van der Waals surface area contributed by atoms with Crippen LogP contribution in [0.1, 0.15) is 30.5 Å². The lowest BCUT2D eigenvalue weighted by Crippen LogP contribution is -2.41. The molecule has 0 aliphatic carbocycles. The zero-order valence-electron chi connectivity index (χ0n) is 17.2. The molecule has 0 atom stereocenters. The maximum absolute atomic E-state index is 12.8. The van der Waals surface area contributed by atoms with E-state index in [-0.39, 0.29) is 24.0 Å². The summed E-state index contributed by atoms with van der Waals surface area (Å²) in [5.74, 6) is -0.940. The summed E-state index contributed by atoms with van der Waals surface area (Å²) in [6.45, 7) is 5.09. The quantitative estimate of drug-likeness (QED) is 0.572.